The van der Waals surface area contributed by atoms with Gasteiger partial charge in [-0.15, -0.1) is 11.8 Å². The van der Waals surface area contributed by atoms with Crippen molar-refractivity contribution in [2.45, 2.75) is 36.5 Å². The van der Waals surface area contributed by atoms with Crippen LogP contribution in [0.15, 0.2) is 53.4 Å². The first-order chi connectivity index (χ1) is 13.1. The highest BCUT2D eigenvalue weighted by molar-refractivity contribution is 8.00. The topological polar surface area (TPSA) is 58.6 Å². The number of rotatable bonds is 6. The van der Waals surface area contributed by atoms with Gasteiger partial charge in [-0.25, -0.2) is 0 Å². The van der Waals surface area contributed by atoms with Crippen LogP contribution < -0.4 is 15.0 Å². The Morgan fingerprint density at radius 2 is 1.89 bits per heavy atom. The second-order valence-electron chi connectivity index (χ2n) is 6.53. The van der Waals surface area contributed by atoms with Gasteiger partial charge in [0, 0.05) is 36.1 Å². The fraction of sp³-hybridized carbons (Fsp3) is 0.333. The number of hydrogen-bond donors (Lipinski definition) is 1. The van der Waals surface area contributed by atoms with E-state index in [1.54, 1.807) is 18.9 Å². The minimum Gasteiger partial charge on any atom is -0.497 e. The number of benzene rings is 2. The smallest absolute Gasteiger partial charge is 0.227 e. The third kappa shape index (κ3) is 5.04. The van der Waals surface area contributed by atoms with Gasteiger partial charge in [-0.05, 0) is 29.8 Å². The van der Waals surface area contributed by atoms with E-state index < -0.39 is 0 Å². The van der Waals surface area contributed by atoms with Crippen LogP contribution in [-0.4, -0.2) is 30.7 Å². The third-order valence-electron chi connectivity index (χ3n) is 4.44. The zero-order chi connectivity index (χ0) is 19.2. The van der Waals surface area contributed by atoms with E-state index in [1.807, 2.05) is 53.4 Å². The summed E-state index contributed by atoms with van der Waals surface area (Å²) >= 11 is 1.78. The van der Waals surface area contributed by atoms with E-state index in [0.29, 0.717) is 18.3 Å². The molecule has 6 heteroatoms. The zero-order valence-corrected chi connectivity index (χ0v) is 16.4. The molecule has 0 saturated carbocycles. The van der Waals surface area contributed by atoms with Crippen LogP contribution in [0.5, 0.6) is 5.75 Å². The van der Waals surface area contributed by atoms with Crippen molar-refractivity contribution < 1.29 is 14.3 Å². The number of carbonyl (C=O) groups is 2. The summed E-state index contributed by atoms with van der Waals surface area (Å²) in [6.45, 7) is 3.23. The van der Waals surface area contributed by atoms with Crippen LogP contribution in [0.2, 0.25) is 0 Å². The normalized spacial score (nSPS) is 15.8. The first-order valence-electron chi connectivity index (χ1n) is 9.02. The number of para-hydroxylation sites is 1. The van der Waals surface area contributed by atoms with Gasteiger partial charge in [0.2, 0.25) is 11.8 Å². The molecular formula is C21H24N2O3S. The van der Waals surface area contributed by atoms with Crippen LogP contribution in [0.4, 0.5) is 5.69 Å². The molecule has 0 aromatic heterocycles. The number of anilines is 1. The molecule has 0 bridgehead atoms. The van der Waals surface area contributed by atoms with E-state index in [1.165, 1.54) is 0 Å². The van der Waals surface area contributed by atoms with E-state index in [4.69, 9.17) is 4.74 Å². The van der Waals surface area contributed by atoms with Crippen molar-refractivity contribution in [2.75, 3.05) is 18.6 Å². The number of hydrogen-bond acceptors (Lipinski definition) is 4. The summed E-state index contributed by atoms with van der Waals surface area (Å²) in [5.41, 5.74) is 1.94. The highest BCUT2D eigenvalue weighted by atomic mass is 32.2. The quantitative estimate of drug-likeness (QED) is 0.826. The summed E-state index contributed by atoms with van der Waals surface area (Å²) < 4.78 is 5.12. The zero-order valence-electron chi connectivity index (χ0n) is 15.6. The molecule has 1 aliphatic rings. The lowest BCUT2D eigenvalue weighted by atomic mass is 10.2. The van der Waals surface area contributed by atoms with E-state index in [0.717, 1.165) is 21.9 Å². The molecule has 1 atom stereocenters. The molecule has 0 saturated heterocycles. The SMILES string of the molecule is COc1ccc(CNC(=O)CCC(=O)N2C[C@@H](C)Sc3ccccc32)cc1. The Hall–Kier alpha value is -2.47. The largest absolute Gasteiger partial charge is 0.497 e. The number of ether oxygens (including phenoxy) is 1. The molecule has 1 N–H and O–H groups in total. The predicted octanol–water partition coefficient (Wildman–Crippen LogP) is 3.62. The molecule has 1 heterocycles. The van der Waals surface area contributed by atoms with Gasteiger partial charge in [0.15, 0.2) is 0 Å². The van der Waals surface area contributed by atoms with Crippen molar-refractivity contribution in [3.05, 3.63) is 54.1 Å². The molecule has 3 rings (SSSR count). The Labute approximate surface area is 164 Å². The van der Waals surface area contributed by atoms with Crippen molar-refractivity contribution in [1.82, 2.24) is 5.32 Å². The van der Waals surface area contributed by atoms with Gasteiger partial charge in [0.25, 0.3) is 0 Å². The molecule has 0 spiro atoms. The molecule has 2 aromatic carbocycles. The number of carbonyl (C=O) groups excluding carboxylic acids is 2. The molecule has 0 aliphatic carbocycles. The Morgan fingerprint density at radius 3 is 2.63 bits per heavy atom. The summed E-state index contributed by atoms with van der Waals surface area (Å²) in [5, 5.41) is 3.21. The number of methoxy groups -OCH3 is 1. The van der Waals surface area contributed by atoms with E-state index in [-0.39, 0.29) is 24.7 Å². The fourth-order valence-corrected chi connectivity index (χ4v) is 4.13. The van der Waals surface area contributed by atoms with Gasteiger partial charge in [0.1, 0.15) is 5.75 Å². The second-order valence-corrected chi connectivity index (χ2v) is 8.01. The third-order valence-corrected chi connectivity index (χ3v) is 5.59. The van der Waals surface area contributed by atoms with Crippen molar-refractivity contribution >= 4 is 29.3 Å². The molecule has 2 amide bonds. The van der Waals surface area contributed by atoms with Crippen molar-refractivity contribution in [2.24, 2.45) is 0 Å². The number of thioether (sulfide) groups is 1. The van der Waals surface area contributed by atoms with Gasteiger partial charge in [-0.2, -0.15) is 0 Å². The van der Waals surface area contributed by atoms with Gasteiger partial charge in [-0.1, -0.05) is 31.2 Å². The van der Waals surface area contributed by atoms with Crippen LogP contribution in [0, 0.1) is 0 Å². The maximum atomic E-state index is 12.7. The maximum Gasteiger partial charge on any atom is 0.227 e. The van der Waals surface area contributed by atoms with Crippen LogP contribution in [0.25, 0.3) is 0 Å². The van der Waals surface area contributed by atoms with Gasteiger partial charge < -0.3 is 15.0 Å². The molecule has 0 radical (unpaired) electrons. The number of fused-ring (bicyclic) bond motifs is 1. The van der Waals surface area contributed by atoms with E-state index >= 15 is 0 Å². The van der Waals surface area contributed by atoms with Crippen molar-refractivity contribution in [3.8, 4) is 5.75 Å². The van der Waals surface area contributed by atoms with Gasteiger partial charge >= 0.3 is 0 Å². The predicted molar refractivity (Wildman–Crippen MR) is 108 cm³/mol. The molecule has 2 aromatic rings. The van der Waals surface area contributed by atoms with Crippen LogP contribution in [-0.2, 0) is 16.1 Å². The summed E-state index contributed by atoms with van der Waals surface area (Å²) in [7, 11) is 1.62. The number of nitrogens with one attached hydrogen (secondary N) is 1. The van der Waals surface area contributed by atoms with Gasteiger partial charge in [-0.3, -0.25) is 9.59 Å². The molecule has 27 heavy (non-hydrogen) atoms. The van der Waals surface area contributed by atoms with Crippen molar-refractivity contribution in [1.29, 1.82) is 0 Å². The molecule has 1 aliphatic heterocycles. The Bertz CT molecular complexity index is 807. The highest BCUT2D eigenvalue weighted by Crippen LogP contribution is 2.38. The Kier molecular flexibility index (Phi) is 6.40. The average Bonchev–Trinajstić information content (AvgIpc) is 2.70. The first-order valence-corrected chi connectivity index (χ1v) is 9.90. The Balaban J connectivity index is 1.50. The summed E-state index contributed by atoms with van der Waals surface area (Å²) in [4.78, 5) is 27.7. The first kappa shape index (κ1) is 19.3. The molecular weight excluding hydrogens is 360 g/mol. The number of amides is 2. The fourth-order valence-electron chi connectivity index (χ4n) is 3.01. The monoisotopic (exact) mass is 384 g/mol. The van der Waals surface area contributed by atoms with Crippen LogP contribution >= 0.6 is 11.8 Å². The molecule has 0 fully saturated rings. The summed E-state index contributed by atoms with van der Waals surface area (Å²) in [6, 6.07) is 15.5. The number of nitrogens with zero attached hydrogens (tertiary/aromatic N) is 1. The molecule has 142 valence electrons. The standard InChI is InChI=1S/C21H24N2O3S/c1-15-14-23(18-5-3-4-6-19(18)27-15)21(25)12-11-20(24)22-13-16-7-9-17(26-2)10-8-16/h3-10,15H,11-14H2,1-2H3,(H,22,24)/t15-/m1/s1. The van der Waals surface area contributed by atoms with Crippen molar-refractivity contribution in [3.63, 3.8) is 0 Å². The minimum absolute atomic E-state index is 0.00537. The second kappa shape index (κ2) is 8.95. The average molecular weight is 385 g/mol. The van der Waals surface area contributed by atoms with Gasteiger partial charge in [0.05, 0.1) is 12.8 Å². The maximum absolute atomic E-state index is 12.7. The summed E-state index contributed by atoms with van der Waals surface area (Å²) in [5.74, 6) is 0.658. The Morgan fingerprint density at radius 1 is 1.15 bits per heavy atom. The minimum atomic E-state index is -0.119. The molecule has 5 nitrogen and oxygen atoms in total. The lowest BCUT2D eigenvalue weighted by Crippen LogP contribution is -2.39. The molecule has 0 unspecified atom stereocenters. The summed E-state index contributed by atoms with van der Waals surface area (Å²) in [6.07, 6.45) is 0.398. The van der Waals surface area contributed by atoms with Crippen LogP contribution in [0.1, 0.15) is 25.3 Å². The lowest BCUT2D eigenvalue weighted by molar-refractivity contribution is -0.125. The lowest BCUT2D eigenvalue weighted by Gasteiger charge is -2.32. The van der Waals surface area contributed by atoms with E-state index in [9.17, 15) is 9.59 Å². The van der Waals surface area contributed by atoms with E-state index in [2.05, 4.69) is 12.2 Å². The van der Waals surface area contributed by atoms with Crippen LogP contribution in [0.3, 0.4) is 0 Å². The highest BCUT2D eigenvalue weighted by Gasteiger charge is 2.26.